The quantitative estimate of drug-likeness (QED) is 0.0360. The van der Waals surface area contributed by atoms with Crippen LogP contribution in [0.1, 0.15) is 5.56 Å². The number of rotatable bonds is 9. The molecule has 0 aliphatic carbocycles. The van der Waals surface area contributed by atoms with E-state index in [9.17, 15) is 8.42 Å². The fourth-order valence-corrected chi connectivity index (χ4v) is 27.1. The van der Waals surface area contributed by atoms with Crippen LogP contribution in [0.3, 0.4) is 0 Å². The smallest absolute Gasteiger partial charge is 0.236 e. The van der Waals surface area contributed by atoms with Crippen LogP contribution in [0.15, 0.2) is 10.0 Å². The normalized spacial score (nSPS) is 14.6. The highest BCUT2D eigenvalue weighted by Crippen LogP contribution is 2.73. The van der Waals surface area contributed by atoms with Gasteiger partial charge in [-0.1, -0.05) is 186 Å². The van der Waals surface area contributed by atoms with E-state index in [2.05, 4.69) is 394 Å². The molecule has 0 heterocycles. The molecular formula is C12I17N3O3S. The van der Waals surface area contributed by atoms with Gasteiger partial charge >= 0.3 is 10.1 Å². The summed E-state index contributed by atoms with van der Waals surface area (Å²) in [6, 6.07) is 0. The van der Waals surface area contributed by atoms with Crippen LogP contribution in [0.25, 0.3) is 10.4 Å². The molecule has 1 aromatic carbocycles. The highest BCUT2D eigenvalue weighted by atomic mass is 127. The summed E-state index contributed by atoms with van der Waals surface area (Å²) in [5.74, 6) is 0. The number of nitrogens with zero attached hydrogens (tertiary/aromatic N) is 3. The van der Waals surface area contributed by atoms with E-state index in [-0.39, 0.29) is 4.33 Å². The molecule has 0 amide bonds. The van der Waals surface area contributed by atoms with Crippen LogP contribution in [-0.2, 0) is 13.7 Å². The molecule has 0 bridgehead atoms. The van der Waals surface area contributed by atoms with Gasteiger partial charge in [0.2, 0.25) is 1.61 Å². The Labute approximate surface area is 440 Å². The van der Waals surface area contributed by atoms with Crippen LogP contribution in [0.2, 0.25) is 0 Å². The van der Waals surface area contributed by atoms with Gasteiger partial charge in [-0.15, -0.1) is 0 Å². The molecule has 0 N–H and O–H groups in total. The van der Waals surface area contributed by atoms with Crippen molar-refractivity contribution in [2.45, 2.75) is 11.8 Å². The molecule has 0 saturated carbocycles. The zero-order valence-electron chi connectivity index (χ0n) is 15.4. The van der Waals surface area contributed by atoms with Crippen molar-refractivity contribution in [2.75, 3.05) is 0 Å². The van der Waals surface area contributed by atoms with Gasteiger partial charge in [-0.3, -0.25) is 0 Å². The van der Waals surface area contributed by atoms with E-state index in [0.29, 0.717) is 7.14 Å². The molecule has 0 saturated heterocycles. The first kappa shape index (κ1) is 44.9. The summed E-state index contributed by atoms with van der Waals surface area (Å²) < 4.78 is 32.7. The predicted octanol–water partition coefficient (Wildman–Crippen LogP) is 14.3. The lowest BCUT2D eigenvalue weighted by Crippen LogP contribution is -2.60. The van der Waals surface area contributed by atoms with Crippen molar-refractivity contribution in [3.63, 3.8) is 0 Å². The van der Waals surface area contributed by atoms with Crippen molar-refractivity contribution in [3.05, 3.63) is 30.3 Å². The molecule has 0 aliphatic heterocycles. The van der Waals surface area contributed by atoms with Crippen LogP contribution < -0.4 is 0 Å². The van der Waals surface area contributed by atoms with Crippen molar-refractivity contribution in [3.8, 4) is 0 Å². The van der Waals surface area contributed by atoms with Gasteiger partial charge in [0.05, 0.1) is 0 Å². The van der Waals surface area contributed by atoms with Crippen LogP contribution in [-0.4, -0.2) is 15.9 Å². The third-order valence-corrected chi connectivity index (χ3v) is 44.6. The van der Waals surface area contributed by atoms with Gasteiger partial charge in [-0.25, -0.2) is 4.18 Å². The second kappa shape index (κ2) is 16.9. The average Bonchev–Trinajstić information content (AvgIpc) is 2.63. The maximum absolute atomic E-state index is 13.9. The Hall–Kier alpha value is 10.8. The SMILES string of the molecule is [N-]=[N+]=NC(I)(I)C(I)(I)C(I)(I)C(I)(I)C(I)(I)OS(=O)(=O)c1c(I)c(I)c(C(I)(I)I)c(I)c1I. The molecule has 206 valence electrons. The molecule has 0 aromatic heterocycles. The van der Waals surface area contributed by atoms with E-state index in [4.69, 9.17) is 9.71 Å². The zero-order chi connectivity index (χ0) is 29.1. The zero-order valence-corrected chi connectivity index (χ0v) is 52.9. The van der Waals surface area contributed by atoms with Crippen molar-refractivity contribution >= 4 is 394 Å². The lowest BCUT2D eigenvalue weighted by Gasteiger charge is -2.51. The molecule has 0 unspecified atom stereocenters. The van der Waals surface area contributed by atoms with Crippen LogP contribution in [0.4, 0.5) is 0 Å². The summed E-state index contributed by atoms with van der Waals surface area (Å²) in [7, 11) is -4.17. The third-order valence-electron chi connectivity index (χ3n) is 3.67. The van der Waals surface area contributed by atoms with Gasteiger partial charge in [0.1, 0.15) is 9.18 Å². The second-order valence-corrected chi connectivity index (χ2v) is 49.0. The predicted molar refractivity (Wildman–Crippen MR) is 292 cm³/mol. The summed E-state index contributed by atoms with van der Waals surface area (Å²) in [5, 5.41) is 4.04. The monoisotopic (exact) mass is 2420 g/mol. The summed E-state index contributed by atoms with van der Waals surface area (Å²) in [5.41, 5.74) is 10.2. The highest BCUT2D eigenvalue weighted by molar-refractivity contribution is 14.3. The van der Waals surface area contributed by atoms with E-state index in [1.807, 2.05) is 0 Å². The number of alkyl halides is 13. The van der Waals surface area contributed by atoms with Crippen molar-refractivity contribution in [1.82, 2.24) is 0 Å². The van der Waals surface area contributed by atoms with E-state index in [0.717, 1.165) is 12.7 Å². The molecule has 1 aromatic rings. The molecule has 0 atom stereocenters. The van der Waals surface area contributed by atoms with E-state index >= 15 is 0 Å². The summed E-state index contributed by atoms with van der Waals surface area (Å²) in [4.78, 5) is 3.23. The van der Waals surface area contributed by atoms with Gasteiger partial charge in [0.15, 0.2) is 0.988 Å². The van der Waals surface area contributed by atoms with Crippen molar-refractivity contribution < 1.29 is 12.6 Å². The second-order valence-electron chi connectivity index (χ2n) is 5.97. The Morgan fingerprint density at radius 1 is 0.667 bits per heavy atom. The molecule has 6 nitrogen and oxygen atoms in total. The minimum Gasteiger partial charge on any atom is -0.236 e. The van der Waals surface area contributed by atoms with Gasteiger partial charge in [0.25, 0.3) is 0 Å². The topological polar surface area (TPSA) is 92.1 Å². The van der Waals surface area contributed by atoms with Crippen LogP contribution >= 0.6 is 384 Å². The first-order chi connectivity index (χ1) is 15.7. The minimum atomic E-state index is -4.17. The molecular weight excluding hydrogens is 2420 g/mol. The Morgan fingerprint density at radius 3 is 1.39 bits per heavy atom. The van der Waals surface area contributed by atoms with E-state index in [1.54, 1.807) is 0 Å². The Morgan fingerprint density at radius 2 is 1.06 bits per heavy atom. The molecule has 0 radical (unpaired) electrons. The number of hydrogen-bond acceptors (Lipinski definition) is 4. The highest BCUT2D eigenvalue weighted by Gasteiger charge is 2.71. The lowest BCUT2D eigenvalue weighted by molar-refractivity contribution is 0.284. The molecule has 36 heavy (non-hydrogen) atoms. The Balaban J connectivity index is 3.77. The van der Waals surface area contributed by atoms with Gasteiger partial charge < -0.3 is 0 Å². The largest absolute Gasteiger partial charge is 0.301 e. The first-order valence-electron chi connectivity index (χ1n) is 7.49. The maximum Gasteiger partial charge on any atom is 0.301 e. The van der Waals surface area contributed by atoms with Crippen molar-refractivity contribution in [1.29, 1.82) is 0 Å². The molecule has 0 aliphatic rings. The first-order valence-corrected chi connectivity index (χ1v) is 27.2. The lowest BCUT2D eigenvalue weighted by atomic mass is 10.2. The van der Waals surface area contributed by atoms with E-state index < -0.39 is 17.6 Å². The Kier molecular flexibility index (Phi) is 21.1. The summed E-state index contributed by atoms with van der Waals surface area (Å²) >= 11 is 38.0. The molecule has 0 spiro atoms. The number of azide groups is 1. The van der Waals surface area contributed by atoms with Crippen molar-refractivity contribution in [2.24, 2.45) is 5.11 Å². The number of benzene rings is 1. The standard InChI is InChI=1S/C12I17N3O3S/c13-2-1(7(17,18)19)3(14)5(16)6(4(2)15)36(33,34)35-12(28,29)10(24,25)8(20,21)9(22,23)11(26,27)31-32-30. The minimum absolute atomic E-state index is 0.185. The van der Waals surface area contributed by atoms with E-state index in [1.165, 1.54) is 0 Å². The van der Waals surface area contributed by atoms with Gasteiger partial charge in [0, 0.05) is 24.8 Å². The van der Waals surface area contributed by atoms with Gasteiger partial charge in [-0.2, -0.15) is 8.42 Å². The number of halogens is 17. The third kappa shape index (κ3) is 10.0. The number of hydrogen-bond donors (Lipinski definition) is 0. The summed E-state index contributed by atoms with van der Waals surface area (Å²) in [6.07, 6.45) is 0. The average molecular weight is 2420 g/mol. The Bertz CT molecular complexity index is 1170. The van der Waals surface area contributed by atoms with Gasteiger partial charge in [-0.05, 0) is 209 Å². The van der Waals surface area contributed by atoms with Crippen LogP contribution in [0.5, 0.6) is 0 Å². The fourth-order valence-electron chi connectivity index (χ4n) is 2.00. The van der Waals surface area contributed by atoms with Crippen LogP contribution in [0, 0.1) is 14.3 Å². The summed E-state index contributed by atoms with van der Waals surface area (Å²) in [6.45, 7) is 0. The molecule has 24 heteroatoms. The fraction of sp³-hybridized carbons (Fsp3) is 0.500. The molecule has 0 fully saturated rings. The maximum atomic E-state index is 13.9. The molecule has 1 rings (SSSR count).